The van der Waals surface area contributed by atoms with Crippen molar-refractivity contribution in [2.75, 3.05) is 18.0 Å². The van der Waals surface area contributed by atoms with Crippen molar-refractivity contribution in [3.63, 3.8) is 0 Å². The van der Waals surface area contributed by atoms with Crippen LogP contribution in [-0.2, 0) is 12.0 Å². The van der Waals surface area contributed by atoms with Crippen LogP contribution in [0.15, 0.2) is 24.3 Å². The summed E-state index contributed by atoms with van der Waals surface area (Å²) in [5.41, 5.74) is 2.08. The molecular formula is C19H23ClN6O. The first-order valence-electron chi connectivity index (χ1n) is 9.11. The number of rotatable bonds is 3. The predicted octanol–water partition coefficient (Wildman–Crippen LogP) is 2.79. The highest BCUT2D eigenvalue weighted by Gasteiger charge is 2.28. The van der Waals surface area contributed by atoms with Gasteiger partial charge < -0.3 is 10.0 Å². The van der Waals surface area contributed by atoms with Crippen LogP contribution >= 0.6 is 11.6 Å². The summed E-state index contributed by atoms with van der Waals surface area (Å²) < 4.78 is 1.77. The second kappa shape index (κ2) is 6.73. The third kappa shape index (κ3) is 3.49. The van der Waals surface area contributed by atoms with E-state index in [0.717, 1.165) is 30.2 Å². The van der Waals surface area contributed by atoms with Gasteiger partial charge in [-0.2, -0.15) is 0 Å². The number of hydrogen-bond donors (Lipinski definition) is 1. The van der Waals surface area contributed by atoms with Crippen molar-refractivity contribution >= 4 is 28.6 Å². The van der Waals surface area contributed by atoms with Crippen molar-refractivity contribution < 1.29 is 5.11 Å². The SMILES string of the molecule is CC(C)(C)c1nc(N2CC[C@H](O)C2)c2nnn(Cc3ccccc3Cl)c2n1. The molecule has 0 bridgehead atoms. The Bertz CT molecular complexity index is 980. The van der Waals surface area contributed by atoms with Gasteiger partial charge in [0.2, 0.25) is 0 Å². The van der Waals surface area contributed by atoms with Crippen LogP contribution in [0.4, 0.5) is 5.82 Å². The molecule has 27 heavy (non-hydrogen) atoms. The van der Waals surface area contributed by atoms with Crippen molar-refractivity contribution in [3.05, 3.63) is 40.7 Å². The maximum Gasteiger partial charge on any atom is 0.184 e. The van der Waals surface area contributed by atoms with E-state index in [4.69, 9.17) is 21.6 Å². The molecule has 1 aromatic carbocycles. The highest BCUT2D eigenvalue weighted by molar-refractivity contribution is 6.31. The van der Waals surface area contributed by atoms with Gasteiger partial charge in [0.1, 0.15) is 5.82 Å². The van der Waals surface area contributed by atoms with E-state index in [1.54, 1.807) is 4.68 Å². The fourth-order valence-electron chi connectivity index (χ4n) is 3.23. The lowest BCUT2D eigenvalue weighted by Gasteiger charge is -2.22. The fourth-order valence-corrected chi connectivity index (χ4v) is 3.42. The zero-order valence-corrected chi connectivity index (χ0v) is 16.5. The number of aliphatic hydroxyl groups excluding tert-OH is 1. The van der Waals surface area contributed by atoms with Crippen LogP contribution in [0.2, 0.25) is 5.02 Å². The Morgan fingerprint density at radius 2 is 2.00 bits per heavy atom. The third-order valence-electron chi connectivity index (χ3n) is 4.76. The second-order valence-electron chi connectivity index (χ2n) is 8.02. The van der Waals surface area contributed by atoms with E-state index in [1.165, 1.54) is 0 Å². The second-order valence-corrected chi connectivity index (χ2v) is 8.43. The number of aromatic nitrogens is 5. The van der Waals surface area contributed by atoms with Crippen LogP contribution in [0.25, 0.3) is 11.2 Å². The topological polar surface area (TPSA) is 80.0 Å². The Kier molecular flexibility index (Phi) is 4.52. The van der Waals surface area contributed by atoms with E-state index in [0.29, 0.717) is 29.3 Å². The third-order valence-corrected chi connectivity index (χ3v) is 5.12. The molecule has 3 heterocycles. The molecule has 7 nitrogen and oxygen atoms in total. The molecule has 0 unspecified atom stereocenters. The average Bonchev–Trinajstić information content (AvgIpc) is 3.22. The summed E-state index contributed by atoms with van der Waals surface area (Å²) in [7, 11) is 0. The smallest absolute Gasteiger partial charge is 0.184 e. The van der Waals surface area contributed by atoms with Gasteiger partial charge in [-0.05, 0) is 18.1 Å². The van der Waals surface area contributed by atoms with Crippen molar-refractivity contribution in [1.29, 1.82) is 0 Å². The molecule has 1 N–H and O–H groups in total. The number of benzene rings is 1. The maximum absolute atomic E-state index is 9.95. The van der Waals surface area contributed by atoms with Crippen LogP contribution in [-0.4, -0.2) is 49.3 Å². The summed E-state index contributed by atoms with van der Waals surface area (Å²) in [5.74, 6) is 1.47. The molecule has 1 aliphatic heterocycles. The van der Waals surface area contributed by atoms with Crippen LogP contribution in [0.3, 0.4) is 0 Å². The Morgan fingerprint density at radius 1 is 1.22 bits per heavy atom. The summed E-state index contributed by atoms with van der Waals surface area (Å²) in [6.07, 6.45) is 0.385. The van der Waals surface area contributed by atoms with Gasteiger partial charge in [0.15, 0.2) is 17.0 Å². The summed E-state index contributed by atoms with van der Waals surface area (Å²) in [6.45, 7) is 8.02. The van der Waals surface area contributed by atoms with E-state index < -0.39 is 0 Å². The van der Waals surface area contributed by atoms with Crippen molar-refractivity contribution in [2.24, 2.45) is 0 Å². The molecule has 8 heteroatoms. The molecule has 0 spiro atoms. The van der Waals surface area contributed by atoms with Crippen molar-refractivity contribution in [3.8, 4) is 0 Å². The Morgan fingerprint density at radius 3 is 2.67 bits per heavy atom. The standard InChI is InChI=1S/C19H23ClN6O/c1-19(2,3)18-21-16(25-9-8-13(27)11-25)15-17(22-18)26(24-23-15)10-12-6-4-5-7-14(12)20/h4-7,13,27H,8-11H2,1-3H3/t13-/m0/s1. The van der Waals surface area contributed by atoms with Gasteiger partial charge in [-0.1, -0.05) is 55.8 Å². The van der Waals surface area contributed by atoms with Crippen LogP contribution in [0.5, 0.6) is 0 Å². The first-order valence-corrected chi connectivity index (χ1v) is 9.49. The van der Waals surface area contributed by atoms with E-state index in [9.17, 15) is 5.11 Å². The van der Waals surface area contributed by atoms with Crippen LogP contribution in [0, 0.1) is 0 Å². The first kappa shape index (κ1) is 18.1. The van der Waals surface area contributed by atoms with E-state index in [2.05, 4.69) is 36.0 Å². The first-order chi connectivity index (χ1) is 12.8. The molecule has 4 rings (SSSR count). The minimum absolute atomic E-state index is 0.221. The molecule has 3 aromatic rings. The van der Waals surface area contributed by atoms with Gasteiger partial charge in [-0.25, -0.2) is 14.6 Å². The molecule has 142 valence electrons. The van der Waals surface area contributed by atoms with Crippen molar-refractivity contribution in [2.45, 2.75) is 45.3 Å². The number of β-amino-alcohol motifs (C(OH)–C–C–N with tert-alkyl or cyclic N) is 1. The number of hydrogen-bond acceptors (Lipinski definition) is 6. The molecule has 2 aromatic heterocycles. The van der Waals surface area contributed by atoms with Gasteiger partial charge in [0.25, 0.3) is 0 Å². The molecular weight excluding hydrogens is 364 g/mol. The fraction of sp³-hybridized carbons (Fsp3) is 0.474. The Balaban J connectivity index is 1.84. The van der Waals surface area contributed by atoms with Gasteiger partial charge in [-0.15, -0.1) is 5.10 Å². The van der Waals surface area contributed by atoms with Gasteiger partial charge >= 0.3 is 0 Å². The minimum atomic E-state index is -0.341. The molecule has 1 aliphatic rings. The lowest BCUT2D eigenvalue weighted by molar-refractivity contribution is 0.198. The van der Waals surface area contributed by atoms with Gasteiger partial charge in [-0.3, -0.25) is 0 Å². The Labute approximate surface area is 163 Å². The number of anilines is 1. The summed E-state index contributed by atoms with van der Waals surface area (Å²) >= 11 is 6.32. The largest absolute Gasteiger partial charge is 0.391 e. The monoisotopic (exact) mass is 386 g/mol. The average molecular weight is 387 g/mol. The molecule has 0 amide bonds. The molecule has 0 aliphatic carbocycles. The number of fused-ring (bicyclic) bond motifs is 1. The zero-order valence-electron chi connectivity index (χ0n) is 15.7. The summed E-state index contributed by atoms with van der Waals surface area (Å²) in [6, 6.07) is 7.69. The normalized spacial score (nSPS) is 17.8. The molecule has 1 atom stereocenters. The van der Waals surface area contributed by atoms with Gasteiger partial charge in [0.05, 0.1) is 12.6 Å². The van der Waals surface area contributed by atoms with E-state index in [-0.39, 0.29) is 11.5 Å². The number of aliphatic hydroxyl groups is 1. The van der Waals surface area contributed by atoms with E-state index >= 15 is 0 Å². The molecule has 1 fully saturated rings. The van der Waals surface area contributed by atoms with Crippen LogP contribution in [0.1, 0.15) is 38.6 Å². The number of halogens is 1. The number of nitrogens with zero attached hydrogens (tertiary/aromatic N) is 6. The zero-order chi connectivity index (χ0) is 19.2. The highest BCUT2D eigenvalue weighted by atomic mass is 35.5. The maximum atomic E-state index is 9.95. The molecule has 1 saturated heterocycles. The Hall–Kier alpha value is -2.25. The predicted molar refractivity (Wildman–Crippen MR) is 105 cm³/mol. The lowest BCUT2D eigenvalue weighted by Crippen LogP contribution is -2.25. The van der Waals surface area contributed by atoms with Crippen LogP contribution < -0.4 is 4.90 Å². The lowest BCUT2D eigenvalue weighted by atomic mass is 9.96. The highest BCUT2D eigenvalue weighted by Crippen LogP contribution is 2.29. The molecule has 0 saturated carbocycles. The summed E-state index contributed by atoms with van der Waals surface area (Å²) in [4.78, 5) is 11.6. The summed E-state index contributed by atoms with van der Waals surface area (Å²) in [5, 5.41) is 19.3. The minimum Gasteiger partial charge on any atom is -0.391 e. The van der Waals surface area contributed by atoms with Gasteiger partial charge in [0, 0.05) is 23.5 Å². The van der Waals surface area contributed by atoms with Crippen molar-refractivity contribution in [1.82, 2.24) is 25.0 Å². The molecule has 0 radical (unpaired) electrons. The quantitative estimate of drug-likeness (QED) is 0.745. The van der Waals surface area contributed by atoms with E-state index in [1.807, 2.05) is 24.3 Å².